The van der Waals surface area contributed by atoms with E-state index in [2.05, 4.69) is 110 Å². The summed E-state index contributed by atoms with van der Waals surface area (Å²) in [5.74, 6) is 1.35. The Morgan fingerprint density at radius 1 is 0.549 bits per heavy atom. The van der Waals surface area contributed by atoms with Gasteiger partial charge < -0.3 is 38.0 Å². The van der Waals surface area contributed by atoms with Gasteiger partial charge >= 0.3 is 7.12 Å². The number of hydrogen-bond donors (Lipinski definition) is 2. The van der Waals surface area contributed by atoms with Gasteiger partial charge in [0, 0.05) is 70.1 Å². The zero-order chi connectivity index (χ0) is 58.0. The summed E-state index contributed by atoms with van der Waals surface area (Å²) >= 11 is 3.39. The van der Waals surface area contributed by atoms with Crippen molar-refractivity contribution in [2.24, 2.45) is 28.2 Å². The number of hydrogen-bond acceptors (Lipinski definition) is 8. The van der Waals surface area contributed by atoms with Crippen LogP contribution in [0.5, 0.6) is 0 Å². The van der Waals surface area contributed by atoms with Gasteiger partial charge in [0.1, 0.15) is 0 Å². The van der Waals surface area contributed by atoms with Gasteiger partial charge in [-0.25, -0.2) is 0 Å². The zero-order valence-corrected chi connectivity index (χ0v) is 51.7. The summed E-state index contributed by atoms with van der Waals surface area (Å²) in [5, 5.41) is 15.5. The smallest absolute Gasteiger partial charge is 0.400 e. The minimum Gasteiger partial charge on any atom is -0.400 e. The van der Waals surface area contributed by atoms with E-state index in [1.165, 1.54) is 97.3 Å². The maximum atomic E-state index is 11.5. The Morgan fingerprint density at radius 3 is 1.41 bits per heavy atom. The Kier molecular flexibility index (Phi) is 22.0. The number of aryl methyl sites for hydroxylation is 4. The molecule has 1 saturated carbocycles. The predicted molar refractivity (Wildman–Crippen MR) is 346 cm³/mol. The van der Waals surface area contributed by atoms with E-state index in [0.29, 0.717) is 5.92 Å². The van der Waals surface area contributed by atoms with Crippen molar-refractivity contribution < 1.29 is 14.4 Å². The molecule has 13 rings (SSSR count). The average molecular weight is 1200 g/mol. The molecule has 3 aliphatic carbocycles. The highest BCUT2D eigenvalue weighted by Gasteiger charge is 2.52. The van der Waals surface area contributed by atoms with Crippen LogP contribution in [0.15, 0.2) is 163 Å². The van der Waals surface area contributed by atoms with Crippen molar-refractivity contribution >= 4 is 84.6 Å². The van der Waals surface area contributed by atoms with Gasteiger partial charge in [0.2, 0.25) is 0 Å². The number of aliphatic hydroxyl groups excluding tert-OH is 1. The van der Waals surface area contributed by atoms with Gasteiger partial charge in [-0.1, -0.05) is 59.1 Å². The molecular formula is C67H82BBrClN5O7. The highest BCUT2D eigenvalue weighted by Crippen LogP contribution is 2.40. The van der Waals surface area contributed by atoms with Crippen LogP contribution in [-0.2, 0) is 37.5 Å². The summed E-state index contributed by atoms with van der Waals surface area (Å²) < 4.78 is 19.7. The van der Waals surface area contributed by atoms with E-state index >= 15 is 0 Å². The summed E-state index contributed by atoms with van der Waals surface area (Å²) in [5.41, 5.74) is 10.7. The number of halogens is 2. The molecule has 12 nitrogen and oxygen atoms in total. The largest absolute Gasteiger partial charge is 0.490 e. The van der Waals surface area contributed by atoms with E-state index in [1.807, 2.05) is 69.7 Å². The minimum absolute atomic E-state index is 0. The van der Waals surface area contributed by atoms with Gasteiger partial charge in [0.05, 0.1) is 33.3 Å². The molecule has 5 aliphatic rings. The van der Waals surface area contributed by atoms with Gasteiger partial charge in [0.15, 0.2) is 0 Å². The molecule has 0 spiro atoms. The lowest BCUT2D eigenvalue weighted by atomic mass is 9.78. The molecule has 1 unspecified atom stereocenters. The van der Waals surface area contributed by atoms with Crippen LogP contribution in [-0.4, -0.2) is 61.4 Å². The third-order valence-electron chi connectivity index (χ3n) is 16.9. The molecule has 15 heteroatoms. The van der Waals surface area contributed by atoms with Crippen molar-refractivity contribution in [2.75, 3.05) is 19.7 Å². The maximum Gasteiger partial charge on any atom is 0.490 e. The molecule has 82 heavy (non-hydrogen) atoms. The molecular weight excluding hydrogens is 1110 g/mol. The zero-order valence-electron chi connectivity index (χ0n) is 49.3. The van der Waals surface area contributed by atoms with Crippen molar-refractivity contribution in [3.05, 3.63) is 202 Å². The van der Waals surface area contributed by atoms with E-state index in [-0.39, 0.29) is 59.6 Å². The Labute approximate surface area is 497 Å². The molecule has 434 valence electrons. The lowest BCUT2D eigenvalue weighted by Crippen LogP contribution is -2.41. The van der Waals surface area contributed by atoms with Gasteiger partial charge in [-0.15, -0.1) is 12.4 Å². The standard InChI is InChI=1S/C15H17NO.C15H15NO.C14H16N2O.C11H19BO2.C10H8BrNO.C2H6O.ClH/c2*1-16-14-8-6-12(11-4-2-3-5-11)10-13(14)7-9-15(16)17;1-16-13-4-2-10(12-6-7-15-9-12)8-11(13)3-5-14(16)17;1-10(2)11(3,4)14-12(13-10)9-7-5-6-8-9;1-12-9-4-3-8(11)6-7(9)2-5-10(12)13;1-2-3;/h6-11H,2-5H2,1H3;4,6-10H,2-3,5H2,1H3;2-5,8,12,15H,6-7,9H2,1H3;7H,5-6,8H2,1-4H3;2-6H,1H3;3H,2H2,1H3;1H. The number of pyridine rings is 4. The number of nitrogens with zero attached hydrogens (tertiary/aromatic N) is 4. The van der Waals surface area contributed by atoms with E-state index in [1.54, 1.807) is 56.5 Å². The summed E-state index contributed by atoms with van der Waals surface area (Å²) in [6.07, 6.45) is 18.3. The van der Waals surface area contributed by atoms with E-state index in [4.69, 9.17) is 14.4 Å². The number of nitrogens with one attached hydrogen (secondary N) is 1. The summed E-state index contributed by atoms with van der Waals surface area (Å²) in [6, 6.07) is 39.3. The molecule has 0 amide bonds. The second kappa shape index (κ2) is 28.4. The average Bonchev–Trinajstić information content (AvgIpc) is 4.48. The number of fused-ring (bicyclic) bond motifs is 4. The Bertz CT molecular complexity index is 3700. The van der Waals surface area contributed by atoms with Crippen LogP contribution >= 0.6 is 28.3 Å². The number of allylic oxidation sites excluding steroid dienone is 4. The van der Waals surface area contributed by atoms with Crippen LogP contribution in [0.3, 0.4) is 0 Å². The van der Waals surface area contributed by atoms with Crippen molar-refractivity contribution in [2.45, 2.75) is 128 Å². The van der Waals surface area contributed by atoms with E-state index < -0.39 is 0 Å². The second-order valence-electron chi connectivity index (χ2n) is 22.9. The molecule has 2 N–H and O–H groups in total. The lowest BCUT2D eigenvalue weighted by Gasteiger charge is -2.32. The number of benzene rings is 4. The molecule has 4 aromatic carbocycles. The molecule has 2 aliphatic heterocycles. The van der Waals surface area contributed by atoms with Crippen LogP contribution in [0.4, 0.5) is 0 Å². The van der Waals surface area contributed by atoms with E-state index in [9.17, 15) is 19.2 Å². The molecule has 6 heterocycles. The molecule has 2 saturated heterocycles. The molecule has 8 aromatic rings. The number of rotatable bonds is 4. The first kappa shape index (κ1) is 63.5. The molecule has 1 atom stereocenters. The van der Waals surface area contributed by atoms with E-state index in [0.717, 1.165) is 68.1 Å². The predicted octanol–water partition coefficient (Wildman–Crippen LogP) is 13.4. The third kappa shape index (κ3) is 15.2. The third-order valence-corrected chi connectivity index (χ3v) is 17.4. The SMILES string of the molecule is CC1(C)OB(C2=CCCC2)OC1(C)C.CCO.Cl.Cn1c(=O)ccc2cc(Br)ccc21.Cn1c(=O)ccc2cc(C3=CCCC3)ccc21.Cn1c(=O)ccc2cc(C3CCCC3)ccc21.Cn1c(=O)ccc2cc(C3CCNC3)ccc21. The highest BCUT2D eigenvalue weighted by molar-refractivity contribution is 9.10. The van der Waals surface area contributed by atoms with Crippen molar-refractivity contribution in [3.63, 3.8) is 0 Å². The molecule has 0 bridgehead atoms. The van der Waals surface area contributed by atoms with Crippen LogP contribution in [0.2, 0.25) is 0 Å². The first-order valence-electron chi connectivity index (χ1n) is 28.9. The highest BCUT2D eigenvalue weighted by atomic mass is 79.9. The summed E-state index contributed by atoms with van der Waals surface area (Å²) in [4.78, 5) is 45.9. The Hall–Kier alpha value is -6.13. The van der Waals surface area contributed by atoms with Crippen molar-refractivity contribution in [1.82, 2.24) is 23.6 Å². The quantitative estimate of drug-likeness (QED) is 0.166. The van der Waals surface area contributed by atoms with Gasteiger partial charge in [0.25, 0.3) is 22.2 Å². The number of aromatic nitrogens is 4. The fourth-order valence-electron chi connectivity index (χ4n) is 11.3. The Morgan fingerprint density at radius 2 is 0.976 bits per heavy atom. The first-order chi connectivity index (χ1) is 38.8. The molecule has 3 fully saturated rings. The lowest BCUT2D eigenvalue weighted by molar-refractivity contribution is 0.00578. The van der Waals surface area contributed by atoms with Crippen LogP contribution in [0, 0.1) is 0 Å². The van der Waals surface area contributed by atoms with Gasteiger partial charge in [-0.2, -0.15) is 0 Å². The van der Waals surface area contributed by atoms with Crippen molar-refractivity contribution in [3.8, 4) is 0 Å². The van der Waals surface area contributed by atoms with Crippen LogP contribution < -0.4 is 27.6 Å². The van der Waals surface area contributed by atoms with Crippen LogP contribution in [0.25, 0.3) is 49.2 Å². The fraction of sp³-hybridized carbons (Fsp3) is 0.403. The van der Waals surface area contributed by atoms with Crippen molar-refractivity contribution in [1.29, 1.82) is 0 Å². The molecule has 4 aromatic heterocycles. The normalized spacial score (nSPS) is 17.7. The monoisotopic (exact) mass is 1190 g/mol. The second-order valence-corrected chi connectivity index (χ2v) is 23.8. The number of aliphatic hydroxyl groups is 1. The summed E-state index contributed by atoms with van der Waals surface area (Å²) in [6.45, 7) is 12.5. The first-order valence-corrected chi connectivity index (χ1v) is 29.7. The summed E-state index contributed by atoms with van der Waals surface area (Å²) in [7, 11) is 7.15. The fourth-order valence-corrected chi connectivity index (χ4v) is 11.7. The molecule has 0 radical (unpaired) electrons. The topological polar surface area (TPSA) is 139 Å². The maximum absolute atomic E-state index is 11.5. The Balaban J connectivity index is 0.000000146. The van der Waals surface area contributed by atoms with Crippen LogP contribution in [0.1, 0.15) is 134 Å². The van der Waals surface area contributed by atoms with Gasteiger partial charge in [-0.3, -0.25) is 19.2 Å². The minimum atomic E-state index is -0.193. The van der Waals surface area contributed by atoms with Gasteiger partial charge in [-0.05, 0) is 239 Å².